The van der Waals surface area contributed by atoms with Gasteiger partial charge in [-0.2, -0.15) is 0 Å². The van der Waals surface area contributed by atoms with Crippen LogP contribution in [0.25, 0.3) is 0 Å². The first-order valence-corrected chi connectivity index (χ1v) is 4.98. The predicted octanol–water partition coefficient (Wildman–Crippen LogP) is 3.94. The molecule has 0 N–H and O–H groups in total. The molecule has 1 aromatic carbocycles. The van der Waals surface area contributed by atoms with Gasteiger partial charge in [-0.3, -0.25) is 0 Å². The summed E-state index contributed by atoms with van der Waals surface area (Å²) in [6.07, 6.45) is 1.01. The van der Waals surface area contributed by atoms with Crippen LogP contribution in [0.2, 0.25) is 5.02 Å². The van der Waals surface area contributed by atoms with Crippen molar-refractivity contribution < 1.29 is 4.74 Å². The van der Waals surface area contributed by atoms with E-state index in [-0.39, 0.29) is 0 Å². The van der Waals surface area contributed by atoms with Crippen molar-refractivity contribution in [3.05, 3.63) is 28.8 Å². The fraction of sp³-hybridized carbons (Fsp3) is 0.455. The highest BCUT2D eigenvalue weighted by molar-refractivity contribution is 6.32. The van der Waals surface area contributed by atoms with Crippen molar-refractivity contribution in [2.75, 3.05) is 7.11 Å². The van der Waals surface area contributed by atoms with Crippen molar-refractivity contribution >= 4 is 11.6 Å². The number of hydrogen-bond acceptors (Lipinski definition) is 1. The average molecular weight is 201 g/mol. The summed E-state index contributed by atoms with van der Waals surface area (Å²) in [6, 6.07) is 5.83. The summed E-state index contributed by atoms with van der Waals surface area (Å²) >= 11 is 5.83. The van der Waals surface area contributed by atoms with Crippen LogP contribution < -0.4 is 4.74 Å². The van der Waals surface area contributed by atoms with Gasteiger partial charge >= 0.3 is 0 Å². The summed E-state index contributed by atoms with van der Waals surface area (Å²) < 4.78 is 5.06. The Bertz CT molecular complexity index is 246. The van der Waals surface area contributed by atoms with Gasteiger partial charge in [-0.05, 0) is 24.1 Å². The number of ether oxygens (including phenoxy) is 1. The molecule has 0 radical (unpaired) electrons. The zero-order valence-electron chi connectivity index (χ0n) is 8.73. The minimum Gasteiger partial charge on any atom is -0.495 e. The van der Waals surface area contributed by atoms with Crippen molar-refractivity contribution in [3.63, 3.8) is 0 Å². The molecule has 74 valence electrons. The Hall–Kier alpha value is -0.690. The van der Waals surface area contributed by atoms with Crippen LogP contribution in [0.4, 0.5) is 0 Å². The molecule has 0 saturated carbocycles. The Labute approximate surface area is 85.7 Å². The van der Waals surface area contributed by atoms with Gasteiger partial charge in [-0.25, -0.2) is 0 Å². The number of benzene rings is 1. The van der Waals surface area contributed by atoms with E-state index < -0.39 is 0 Å². The van der Waals surface area contributed by atoms with Gasteiger partial charge in [0.2, 0.25) is 0 Å². The van der Waals surface area contributed by atoms with Gasteiger partial charge in [0, 0.05) is 0 Å². The van der Waals surface area contributed by atoms with Crippen LogP contribution in [0, 0.1) is 0 Å². The fourth-order valence-corrected chi connectivity index (χ4v) is 1.12. The monoisotopic (exact) mass is 200 g/mol. The lowest BCUT2D eigenvalue weighted by Gasteiger charge is -2.03. The molecule has 1 aromatic rings. The molecule has 0 aliphatic rings. The fourth-order valence-electron chi connectivity index (χ4n) is 0.924. The van der Waals surface area contributed by atoms with Gasteiger partial charge < -0.3 is 4.74 Å². The molecule has 0 unspecified atom stereocenters. The van der Waals surface area contributed by atoms with E-state index in [4.69, 9.17) is 16.3 Å². The molecule has 0 fully saturated rings. The molecule has 0 aliphatic heterocycles. The molecule has 0 aromatic heterocycles. The standard InChI is InChI=1S/C9H11ClO.C2H6/c1-3-7-4-5-8(10)9(6-7)11-2;1-2/h4-6H,3H2,1-2H3;1-2H3. The number of methoxy groups -OCH3 is 1. The molecule has 0 atom stereocenters. The molecule has 0 spiro atoms. The molecule has 13 heavy (non-hydrogen) atoms. The SMILES string of the molecule is CC.CCc1ccc(Cl)c(OC)c1. The Balaban J connectivity index is 0.000000671. The molecule has 1 nitrogen and oxygen atoms in total. The van der Waals surface area contributed by atoms with Crippen molar-refractivity contribution in [2.24, 2.45) is 0 Å². The summed E-state index contributed by atoms with van der Waals surface area (Å²) in [5.74, 6) is 0.756. The first kappa shape index (κ1) is 12.3. The van der Waals surface area contributed by atoms with E-state index >= 15 is 0 Å². The summed E-state index contributed by atoms with van der Waals surface area (Å²) in [5.41, 5.74) is 1.24. The Morgan fingerprint density at radius 2 is 1.92 bits per heavy atom. The largest absolute Gasteiger partial charge is 0.495 e. The lowest BCUT2D eigenvalue weighted by atomic mass is 10.2. The first-order chi connectivity index (χ1) is 6.27. The van der Waals surface area contributed by atoms with Crippen LogP contribution in [0.5, 0.6) is 5.75 Å². The predicted molar refractivity (Wildman–Crippen MR) is 58.7 cm³/mol. The molecule has 2 heteroatoms. The van der Waals surface area contributed by atoms with Gasteiger partial charge in [-0.15, -0.1) is 0 Å². The van der Waals surface area contributed by atoms with E-state index in [0.717, 1.165) is 12.2 Å². The summed E-state index contributed by atoms with van der Waals surface area (Å²) in [5, 5.41) is 0.671. The summed E-state index contributed by atoms with van der Waals surface area (Å²) in [7, 11) is 1.63. The molecule has 0 aliphatic carbocycles. The normalized spacial score (nSPS) is 8.69. The van der Waals surface area contributed by atoms with Crippen molar-refractivity contribution in [1.29, 1.82) is 0 Å². The summed E-state index contributed by atoms with van der Waals surface area (Å²) in [6.45, 7) is 6.10. The van der Waals surface area contributed by atoms with Crippen LogP contribution in [-0.4, -0.2) is 7.11 Å². The Morgan fingerprint density at radius 3 is 2.38 bits per heavy atom. The maximum Gasteiger partial charge on any atom is 0.137 e. The number of rotatable bonds is 2. The lowest BCUT2D eigenvalue weighted by Crippen LogP contribution is -1.86. The van der Waals surface area contributed by atoms with E-state index in [1.165, 1.54) is 5.56 Å². The maximum absolute atomic E-state index is 5.83. The summed E-state index contributed by atoms with van der Waals surface area (Å²) in [4.78, 5) is 0. The van der Waals surface area contributed by atoms with E-state index in [1.54, 1.807) is 7.11 Å². The van der Waals surface area contributed by atoms with E-state index in [1.807, 2.05) is 32.0 Å². The quantitative estimate of drug-likeness (QED) is 0.703. The van der Waals surface area contributed by atoms with Crippen LogP contribution in [0.1, 0.15) is 26.3 Å². The third kappa shape index (κ3) is 3.69. The van der Waals surface area contributed by atoms with Gasteiger partial charge in [0.15, 0.2) is 0 Å². The molecular weight excluding hydrogens is 184 g/mol. The second-order valence-corrected chi connectivity index (χ2v) is 2.73. The minimum atomic E-state index is 0.671. The molecule has 1 rings (SSSR count). The van der Waals surface area contributed by atoms with Gasteiger partial charge in [-0.1, -0.05) is 38.4 Å². The smallest absolute Gasteiger partial charge is 0.137 e. The van der Waals surface area contributed by atoms with Crippen molar-refractivity contribution in [2.45, 2.75) is 27.2 Å². The highest BCUT2D eigenvalue weighted by atomic mass is 35.5. The highest BCUT2D eigenvalue weighted by Gasteiger charge is 1.99. The van der Waals surface area contributed by atoms with E-state index in [2.05, 4.69) is 6.92 Å². The van der Waals surface area contributed by atoms with Crippen LogP contribution in [0.15, 0.2) is 18.2 Å². The molecule has 0 heterocycles. The molecule has 0 saturated heterocycles. The van der Waals surface area contributed by atoms with Crippen LogP contribution >= 0.6 is 11.6 Å². The second kappa shape index (κ2) is 6.79. The first-order valence-electron chi connectivity index (χ1n) is 4.60. The highest BCUT2D eigenvalue weighted by Crippen LogP contribution is 2.24. The zero-order chi connectivity index (χ0) is 10.3. The average Bonchev–Trinajstić information content (AvgIpc) is 2.22. The zero-order valence-corrected chi connectivity index (χ0v) is 9.48. The second-order valence-electron chi connectivity index (χ2n) is 2.32. The van der Waals surface area contributed by atoms with Crippen molar-refractivity contribution in [1.82, 2.24) is 0 Å². The van der Waals surface area contributed by atoms with Gasteiger partial charge in [0.25, 0.3) is 0 Å². The lowest BCUT2D eigenvalue weighted by molar-refractivity contribution is 0.414. The number of hydrogen-bond donors (Lipinski definition) is 0. The Kier molecular flexibility index (Phi) is 6.43. The molecule has 0 amide bonds. The third-order valence-electron chi connectivity index (χ3n) is 1.62. The maximum atomic E-state index is 5.83. The van der Waals surface area contributed by atoms with E-state index in [0.29, 0.717) is 5.02 Å². The van der Waals surface area contributed by atoms with Gasteiger partial charge in [0.05, 0.1) is 12.1 Å². The Morgan fingerprint density at radius 1 is 1.31 bits per heavy atom. The van der Waals surface area contributed by atoms with Crippen molar-refractivity contribution in [3.8, 4) is 5.75 Å². The van der Waals surface area contributed by atoms with Gasteiger partial charge in [0.1, 0.15) is 5.75 Å². The number of aryl methyl sites for hydroxylation is 1. The van der Waals surface area contributed by atoms with E-state index in [9.17, 15) is 0 Å². The third-order valence-corrected chi connectivity index (χ3v) is 1.94. The van der Waals surface area contributed by atoms with Crippen LogP contribution in [-0.2, 0) is 6.42 Å². The number of halogens is 1. The molecule has 0 bridgehead atoms. The topological polar surface area (TPSA) is 9.23 Å². The molecular formula is C11H17ClO. The minimum absolute atomic E-state index is 0.671. The van der Waals surface area contributed by atoms with Crippen LogP contribution in [0.3, 0.4) is 0 Å².